The molecule has 0 bridgehead atoms. The van der Waals surface area contributed by atoms with Crippen LogP contribution in [0.15, 0.2) is 48.5 Å². The van der Waals surface area contributed by atoms with E-state index in [4.69, 9.17) is 10.5 Å². The minimum absolute atomic E-state index is 0.392. The highest BCUT2D eigenvalue weighted by Crippen LogP contribution is 2.23. The molecule has 0 saturated carbocycles. The summed E-state index contributed by atoms with van der Waals surface area (Å²) in [6.45, 7) is 2.20. The van der Waals surface area contributed by atoms with Crippen LogP contribution < -0.4 is 10.5 Å². The van der Waals surface area contributed by atoms with Gasteiger partial charge in [-0.05, 0) is 35.7 Å². The topological polar surface area (TPSA) is 61.5 Å². The van der Waals surface area contributed by atoms with E-state index < -0.39 is 12.1 Å². The van der Waals surface area contributed by atoms with Crippen LogP contribution in [0.3, 0.4) is 0 Å². The molecule has 0 spiro atoms. The van der Waals surface area contributed by atoms with E-state index in [0.717, 1.165) is 16.7 Å². The number of benzene rings is 2. The molecule has 2 aromatic carbocycles. The fourth-order valence-corrected chi connectivity index (χ4v) is 1.98. The Morgan fingerprint density at radius 2 is 1.57 bits per heavy atom. The first-order chi connectivity index (χ1) is 10.1. The van der Waals surface area contributed by atoms with Crippen molar-refractivity contribution in [3.8, 4) is 16.9 Å². The molecule has 0 fully saturated rings. The average Bonchev–Trinajstić information content (AvgIpc) is 2.55. The third-order valence-corrected chi connectivity index (χ3v) is 3.22. The summed E-state index contributed by atoms with van der Waals surface area (Å²) in [5.41, 5.74) is 8.88. The summed E-state index contributed by atoms with van der Waals surface area (Å²) in [5.74, 6) is 0.242. The largest absolute Gasteiger partial charge is 0.479 e. The summed E-state index contributed by atoms with van der Waals surface area (Å²) in [6.07, 6.45) is -0.621. The third kappa shape index (κ3) is 3.83. The van der Waals surface area contributed by atoms with Crippen molar-refractivity contribution in [2.75, 3.05) is 7.11 Å². The number of hydrogen-bond donors (Lipinski definition) is 1. The maximum Gasteiger partial charge on any atom is 0.346 e. The maximum atomic E-state index is 11.3. The summed E-state index contributed by atoms with van der Waals surface area (Å²) in [7, 11) is 1.34. The summed E-state index contributed by atoms with van der Waals surface area (Å²) in [6, 6.07) is 15.7. The van der Waals surface area contributed by atoms with Crippen molar-refractivity contribution in [1.29, 1.82) is 0 Å². The quantitative estimate of drug-likeness (QED) is 0.858. The molecular weight excluding hydrogens is 266 g/mol. The van der Waals surface area contributed by atoms with E-state index in [-0.39, 0.29) is 0 Å². The summed E-state index contributed by atoms with van der Waals surface area (Å²) >= 11 is 0. The van der Waals surface area contributed by atoms with Crippen LogP contribution in [-0.2, 0) is 16.1 Å². The summed E-state index contributed by atoms with van der Waals surface area (Å²) in [5, 5.41) is 0. The molecule has 0 amide bonds. The molecule has 2 aromatic rings. The standard InChI is InChI=1S/C17H19NO3/c1-12(17(19)20-2)21-16-9-7-15(8-10-16)14-5-3-13(11-18)4-6-14/h3-10,12H,11,18H2,1-2H3. The van der Waals surface area contributed by atoms with E-state index >= 15 is 0 Å². The second-order valence-corrected chi connectivity index (χ2v) is 4.71. The predicted molar refractivity (Wildman–Crippen MR) is 81.9 cm³/mol. The number of nitrogens with two attached hydrogens (primary N) is 1. The fraction of sp³-hybridized carbons (Fsp3) is 0.235. The Balaban J connectivity index is 2.09. The number of ether oxygens (including phenoxy) is 2. The van der Waals surface area contributed by atoms with Crippen LogP contribution in [0.1, 0.15) is 12.5 Å². The van der Waals surface area contributed by atoms with Gasteiger partial charge in [-0.2, -0.15) is 0 Å². The molecule has 21 heavy (non-hydrogen) atoms. The number of carbonyl (C=O) groups is 1. The number of methoxy groups -OCH3 is 1. The van der Waals surface area contributed by atoms with E-state index in [2.05, 4.69) is 4.74 Å². The van der Waals surface area contributed by atoms with Crippen LogP contribution in [0.5, 0.6) is 5.75 Å². The van der Waals surface area contributed by atoms with Crippen LogP contribution in [0, 0.1) is 0 Å². The highest BCUT2D eigenvalue weighted by Gasteiger charge is 2.14. The Hall–Kier alpha value is -2.33. The highest BCUT2D eigenvalue weighted by atomic mass is 16.6. The van der Waals surface area contributed by atoms with Gasteiger partial charge in [-0.25, -0.2) is 4.79 Å². The lowest BCUT2D eigenvalue weighted by atomic mass is 10.0. The predicted octanol–water partition coefficient (Wildman–Crippen LogP) is 2.75. The molecule has 0 aliphatic carbocycles. The van der Waals surface area contributed by atoms with E-state index in [1.165, 1.54) is 7.11 Å². The minimum Gasteiger partial charge on any atom is -0.479 e. The zero-order valence-electron chi connectivity index (χ0n) is 12.2. The molecule has 4 heteroatoms. The molecular formula is C17H19NO3. The van der Waals surface area contributed by atoms with Crippen molar-refractivity contribution in [3.63, 3.8) is 0 Å². The van der Waals surface area contributed by atoms with Crippen molar-refractivity contribution < 1.29 is 14.3 Å². The smallest absolute Gasteiger partial charge is 0.346 e. The fourth-order valence-electron chi connectivity index (χ4n) is 1.98. The molecule has 4 nitrogen and oxygen atoms in total. The van der Waals surface area contributed by atoms with Gasteiger partial charge in [0.15, 0.2) is 6.10 Å². The van der Waals surface area contributed by atoms with Crippen molar-refractivity contribution in [1.82, 2.24) is 0 Å². The van der Waals surface area contributed by atoms with Gasteiger partial charge in [0.1, 0.15) is 5.75 Å². The first-order valence-corrected chi connectivity index (χ1v) is 6.78. The van der Waals surface area contributed by atoms with Crippen molar-refractivity contribution in [3.05, 3.63) is 54.1 Å². The molecule has 1 atom stereocenters. The molecule has 0 saturated heterocycles. The van der Waals surface area contributed by atoms with Gasteiger partial charge in [-0.3, -0.25) is 0 Å². The normalized spacial score (nSPS) is 11.8. The van der Waals surface area contributed by atoms with E-state index in [0.29, 0.717) is 12.3 Å². The lowest BCUT2D eigenvalue weighted by molar-refractivity contribution is -0.147. The van der Waals surface area contributed by atoms with Gasteiger partial charge in [0.25, 0.3) is 0 Å². The highest BCUT2D eigenvalue weighted by molar-refractivity contribution is 5.74. The van der Waals surface area contributed by atoms with Crippen molar-refractivity contribution in [2.24, 2.45) is 5.73 Å². The number of carbonyl (C=O) groups excluding carboxylic acids is 1. The SMILES string of the molecule is COC(=O)C(C)Oc1ccc(-c2ccc(CN)cc2)cc1. The lowest BCUT2D eigenvalue weighted by Gasteiger charge is -2.12. The molecule has 0 heterocycles. The van der Waals surface area contributed by atoms with Crippen LogP contribution in [0.25, 0.3) is 11.1 Å². The van der Waals surface area contributed by atoms with Crippen LogP contribution >= 0.6 is 0 Å². The maximum absolute atomic E-state index is 11.3. The van der Waals surface area contributed by atoms with Gasteiger partial charge >= 0.3 is 5.97 Å². The molecule has 2 N–H and O–H groups in total. The Morgan fingerprint density at radius 1 is 1.05 bits per heavy atom. The van der Waals surface area contributed by atoms with Gasteiger partial charge in [0.05, 0.1) is 7.11 Å². The molecule has 0 aromatic heterocycles. The Kier molecular flexibility index (Phi) is 4.95. The summed E-state index contributed by atoms with van der Waals surface area (Å²) in [4.78, 5) is 11.3. The molecule has 0 aliphatic heterocycles. The average molecular weight is 285 g/mol. The van der Waals surface area contributed by atoms with Crippen LogP contribution in [0.2, 0.25) is 0 Å². The molecule has 2 rings (SSSR count). The second kappa shape index (κ2) is 6.90. The van der Waals surface area contributed by atoms with Gasteiger partial charge in [-0.1, -0.05) is 36.4 Å². The van der Waals surface area contributed by atoms with Crippen LogP contribution in [0.4, 0.5) is 0 Å². The number of rotatable bonds is 5. The molecule has 0 radical (unpaired) electrons. The summed E-state index contributed by atoms with van der Waals surface area (Å²) < 4.78 is 10.1. The van der Waals surface area contributed by atoms with Gasteiger partial charge in [-0.15, -0.1) is 0 Å². The van der Waals surface area contributed by atoms with E-state index in [9.17, 15) is 4.79 Å². The Labute approximate surface area is 124 Å². The number of hydrogen-bond acceptors (Lipinski definition) is 4. The lowest BCUT2D eigenvalue weighted by Crippen LogP contribution is -2.24. The molecule has 0 aliphatic rings. The van der Waals surface area contributed by atoms with E-state index in [1.807, 2.05) is 48.5 Å². The second-order valence-electron chi connectivity index (χ2n) is 4.71. The first kappa shape index (κ1) is 15.1. The van der Waals surface area contributed by atoms with Gasteiger partial charge in [0, 0.05) is 6.54 Å². The molecule has 110 valence electrons. The minimum atomic E-state index is -0.621. The van der Waals surface area contributed by atoms with Gasteiger partial charge < -0.3 is 15.2 Å². The van der Waals surface area contributed by atoms with Crippen molar-refractivity contribution >= 4 is 5.97 Å². The first-order valence-electron chi connectivity index (χ1n) is 6.78. The zero-order chi connectivity index (χ0) is 15.2. The zero-order valence-corrected chi connectivity index (χ0v) is 12.2. The van der Waals surface area contributed by atoms with Gasteiger partial charge in [0.2, 0.25) is 0 Å². The van der Waals surface area contributed by atoms with Crippen molar-refractivity contribution in [2.45, 2.75) is 19.6 Å². The molecule has 1 unspecified atom stereocenters. The number of esters is 1. The Bertz CT molecular complexity index is 590. The third-order valence-electron chi connectivity index (χ3n) is 3.22. The van der Waals surface area contributed by atoms with E-state index in [1.54, 1.807) is 6.92 Å². The Morgan fingerprint density at radius 3 is 2.05 bits per heavy atom. The van der Waals surface area contributed by atoms with Crippen LogP contribution in [-0.4, -0.2) is 19.2 Å². The monoisotopic (exact) mass is 285 g/mol.